The molecule has 4 aliphatic heterocycles. The molecular formula is C23H27N5O2. The minimum atomic E-state index is -0.0428. The second-order valence-electron chi connectivity index (χ2n) is 8.41. The van der Waals surface area contributed by atoms with Crippen molar-refractivity contribution in [3.05, 3.63) is 59.7 Å². The largest absolute Gasteiger partial charge is 0.504 e. The van der Waals surface area contributed by atoms with Crippen molar-refractivity contribution in [2.45, 2.75) is 6.92 Å². The summed E-state index contributed by atoms with van der Waals surface area (Å²) in [5.41, 5.74) is 2.97. The van der Waals surface area contributed by atoms with Gasteiger partial charge in [0.1, 0.15) is 0 Å². The van der Waals surface area contributed by atoms with Gasteiger partial charge in [-0.15, -0.1) is 0 Å². The van der Waals surface area contributed by atoms with Crippen molar-refractivity contribution in [1.29, 1.82) is 0 Å². The van der Waals surface area contributed by atoms with Gasteiger partial charge in [0.2, 0.25) is 0 Å². The zero-order valence-electron chi connectivity index (χ0n) is 17.2. The third kappa shape index (κ3) is 3.60. The van der Waals surface area contributed by atoms with E-state index in [0.717, 1.165) is 56.5 Å². The molecule has 0 atom stereocenters. The predicted octanol–water partition coefficient (Wildman–Crippen LogP) is 2.42. The molecule has 7 nitrogen and oxygen atoms in total. The van der Waals surface area contributed by atoms with Crippen LogP contribution in [-0.4, -0.2) is 78.0 Å². The van der Waals surface area contributed by atoms with E-state index in [2.05, 4.69) is 44.1 Å². The lowest BCUT2D eigenvalue weighted by atomic mass is 9.74. The number of nitrogens with zero attached hydrogens (tertiary/aromatic N) is 5. The van der Waals surface area contributed by atoms with Crippen molar-refractivity contribution in [2.24, 2.45) is 15.6 Å². The normalized spacial score (nSPS) is 30.2. The van der Waals surface area contributed by atoms with Crippen LogP contribution in [0.5, 0.6) is 11.5 Å². The van der Waals surface area contributed by atoms with Gasteiger partial charge in [-0.1, -0.05) is 30.3 Å². The Morgan fingerprint density at radius 3 is 2.33 bits per heavy atom. The Morgan fingerprint density at radius 2 is 1.70 bits per heavy atom. The zero-order chi connectivity index (χ0) is 20.6. The first-order chi connectivity index (χ1) is 14.6. The standard InChI is InChI=1S/C23H27N5O2/c1-2-30-21-10-18(8-9-20(21)29)11-24-25-22(19-6-4-3-5-7-19)23-12-26-15-27(13-23)17-28(14-23)16-26/h3-11,29H,2,12-17H2,1H3/b24-11-,25-22?. The van der Waals surface area contributed by atoms with Gasteiger partial charge >= 0.3 is 0 Å². The Kier molecular flexibility index (Phi) is 5.02. The molecule has 7 heteroatoms. The molecule has 30 heavy (non-hydrogen) atoms. The van der Waals surface area contributed by atoms with Crippen molar-refractivity contribution in [1.82, 2.24) is 14.7 Å². The maximum Gasteiger partial charge on any atom is 0.161 e. The lowest BCUT2D eigenvalue weighted by Crippen LogP contribution is -2.74. The maximum atomic E-state index is 9.91. The van der Waals surface area contributed by atoms with E-state index in [0.29, 0.717) is 12.4 Å². The van der Waals surface area contributed by atoms with Crippen molar-refractivity contribution < 1.29 is 9.84 Å². The molecular weight excluding hydrogens is 378 g/mol. The van der Waals surface area contributed by atoms with E-state index in [1.54, 1.807) is 18.3 Å². The summed E-state index contributed by atoms with van der Waals surface area (Å²) in [6.45, 7) is 8.54. The molecule has 0 radical (unpaired) electrons. The van der Waals surface area contributed by atoms with E-state index < -0.39 is 0 Å². The molecule has 2 aromatic rings. The fourth-order valence-electron chi connectivity index (χ4n) is 5.04. The van der Waals surface area contributed by atoms with Crippen LogP contribution in [-0.2, 0) is 0 Å². The summed E-state index contributed by atoms with van der Waals surface area (Å²) in [6, 6.07) is 15.6. The average molecular weight is 406 g/mol. The third-order valence-electron chi connectivity index (χ3n) is 5.98. The Morgan fingerprint density at radius 1 is 1.03 bits per heavy atom. The van der Waals surface area contributed by atoms with Crippen LogP contribution in [0.3, 0.4) is 0 Å². The summed E-state index contributed by atoms with van der Waals surface area (Å²) in [5.74, 6) is 0.594. The number of aromatic hydroxyl groups is 1. The second-order valence-corrected chi connectivity index (χ2v) is 8.41. The van der Waals surface area contributed by atoms with Crippen LogP contribution in [0.15, 0.2) is 58.7 Å². The van der Waals surface area contributed by atoms with Gasteiger partial charge in [0, 0.05) is 19.6 Å². The van der Waals surface area contributed by atoms with Crippen LogP contribution in [0.25, 0.3) is 0 Å². The Labute approximate surface area is 176 Å². The fraction of sp³-hybridized carbons (Fsp3) is 0.391. The van der Waals surface area contributed by atoms with Gasteiger partial charge in [-0.3, -0.25) is 14.7 Å². The van der Waals surface area contributed by atoms with Crippen molar-refractivity contribution >= 4 is 11.9 Å². The molecule has 0 aliphatic carbocycles. The zero-order valence-corrected chi connectivity index (χ0v) is 17.2. The van der Waals surface area contributed by atoms with E-state index in [1.807, 2.05) is 19.1 Å². The smallest absolute Gasteiger partial charge is 0.161 e. The highest BCUT2D eigenvalue weighted by atomic mass is 16.5. The topological polar surface area (TPSA) is 63.9 Å². The molecule has 1 N–H and O–H groups in total. The van der Waals surface area contributed by atoms with Crippen LogP contribution in [0.1, 0.15) is 18.1 Å². The lowest BCUT2D eigenvalue weighted by molar-refractivity contribution is -0.149. The number of ether oxygens (including phenoxy) is 1. The van der Waals surface area contributed by atoms with Gasteiger partial charge in [0.25, 0.3) is 0 Å². The number of hydrogen-bond acceptors (Lipinski definition) is 7. The average Bonchev–Trinajstić information content (AvgIpc) is 2.73. The van der Waals surface area contributed by atoms with Crippen molar-refractivity contribution in [3.8, 4) is 11.5 Å². The Balaban J connectivity index is 1.48. The predicted molar refractivity (Wildman–Crippen MR) is 117 cm³/mol. The third-order valence-corrected chi connectivity index (χ3v) is 5.98. The quantitative estimate of drug-likeness (QED) is 0.591. The van der Waals surface area contributed by atoms with E-state index in [1.165, 1.54) is 0 Å². The highest BCUT2D eigenvalue weighted by Crippen LogP contribution is 2.38. The highest BCUT2D eigenvalue weighted by molar-refractivity contribution is 6.05. The van der Waals surface area contributed by atoms with E-state index in [-0.39, 0.29) is 11.2 Å². The van der Waals surface area contributed by atoms with Crippen LogP contribution in [0.4, 0.5) is 0 Å². The maximum absolute atomic E-state index is 9.91. The van der Waals surface area contributed by atoms with Gasteiger partial charge in [-0.25, -0.2) is 0 Å². The second kappa shape index (κ2) is 7.83. The number of phenolic OH excluding ortho intramolecular Hbond substituents is 1. The molecule has 0 unspecified atom stereocenters. The van der Waals surface area contributed by atoms with Crippen LogP contribution >= 0.6 is 0 Å². The molecule has 156 valence electrons. The fourth-order valence-corrected chi connectivity index (χ4v) is 5.04. The molecule has 4 bridgehead atoms. The molecule has 0 spiro atoms. The summed E-state index contributed by atoms with van der Waals surface area (Å²) in [6.07, 6.45) is 1.73. The van der Waals surface area contributed by atoms with Gasteiger partial charge in [-0.2, -0.15) is 10.2 Å². The molecule has 4 fully saturated rings. The monoisotopic (exact) mass is 405 g/mol. The van der Waals surface area contributed by atoms with Gasteiger partial charge < -0.3 is 9.84 Å². The van der Waals surface area contributed by atoms with Crippen molar-refractivity contribution in [2.75, 3.05) is 46.2 Å². The molecule has 0 aromatic heterocycles. The summed E-state index contributed by atoms with van der Waals surface area (Å²) < 4.78 is 5.47. The van der Waals surface area contributed by atoms with Crippen LogP contribution < -0.4 is 4.74 Å². The summed E-state index contributed by atoms with van der Waals surface area (Å²) in [5, 5.41) is 19.2. The molecule has 4 heterocycles. The minimum Gasteiger partial charge on any atom is -0.504 e. The van der Waals surface area contributed by atoms with E-state index >= 15 is 0 Å². The summed E-state index contributed by atoms with van der Waals surface area (Å²) in [4.78, 5) is 7.48. The molecule has 0 saturated carbocycles. The van der Waals surface area contributed by atoms with Gasteiger partial charge in [-0.05, 0) is 36.2 Å². The summed E-state index contributed by atoms with van der Waals surface area (Å²) >= 11 is 0. The summed E-state index contributed by atoms with van der Waals surface area (Å²) in [7, 11) is 0. The first-order valence-corrected chi connectivity index (χ1v) is 10.4. The van der Waals surface area contributed by atoms with Gasteiger partial charge in [0.15, 0.2) is 11.5 Å². The minimum absolute atomic E-state index is 0.0428. The first kappa shape index (κ1) is 19.2. The van der Waals surface area contributed by atoms with E-state index in [9.17, 15) is 5.11 Å². The van der Waals surface area contributed by atoms with Crippen molar-refractivity contribution in [3.63, 3.8) is 0 Å². The molecule has 0 amide bonds. The number of benzene rings is 2. The van der Waals surface area contributed by atoms with Crippen LogP contribution in [0, 0.1) is 5.41 Å². The SMILES string of the molecule is CCOc1cc(/C=N\N=C(c2ccccc2)C23CN4CN(CN(C4)C2)C3)ccc1O. The van der Waals surface area contributed by atoms with E-state index in [4.69, 9.17) is 9.84 Å². The molecule has 2 aromatic carbocycles. The lowest BCUT2D eigenvalue weighted by Gasteiger charge is -2.60. The van der Waals surface area contributed by atoms with Crippen LogP contribution in [0.2, 0.25) is 0 Å². The molecule has 6 rings (SSSR count). The van der Waals surface area contributed by atoms with Gasteiger partial charge in [0.05, 0.1) is 44.0 Å². The highest BCUT2D eigenvalue weighted by Gasteiger charge is 2.51. The number of rotatable bonds is 6. The molecule has 4 aliphatic rings. The Hall–Kier alpha value is -2.74. The first-order valence-electron chi connectivity index (χ1n) is 10.4. The number of hydrogen-bond donors (Lipinski definition) is 1. The molecule has 4 saturated heterocycles. The Bertz CT molecular complexity index is 938. The number of phenols is 1.